The molecule has 0 spiro atoms. The number of hydrogen-bond acceptors (Lipinski definition) is 7. The zero-order chi connectivity index (χ0) is 26.5. The number of carbonyl (C=O) groups is 1. The van der Waals surface area contributed by atoms with Crippen molar-refractivity contribution >= 4 is 39.7 Å². The Morgan fingerprint density at radius 3 is 2.62 bits per heavy atom. The maximum atomic E-state index is 12.2. The molecule has 192 valence electrons. The molecule has 0 aliphatic rings. The fourth-order valence-electron chi connectivity index (χ4n) is 4.16. The summed E-state index contributed by atoms with van der Waals surface area (Å²) >= 11 is 0. The SMILES string of the molecule is C=CC(=O)Nc1cc(Nc2cc(-c3cn(C)c4ccccc34)ncn2)c(OC)cc1N(C)CCN(C)C. The van der Waals surface area contributed by atoms with E-state index >= 15 is 0 Å². The Balaban J connectivity index is 1.71. The van der Waals surface area contributed by atoms with Gasteiger partial charge in [0.25, 0.3) is 0 Å². The quantitative estimate of drug-likeness (QED) is 0.311. The lowest BCUT2D eigenvalue weighted by Crippen LogP contribution is -2.29. The Labute approximate surface area is 217 Å². The van der Waals surface area contributed by atoms with Gasteiger partial charge in [-0.15, -0.1) is 0 Å². The molecule has 4 rings (SSSR count). The van der Waals surface area contributed by atoms with E-state index in [0.717, 1.165) is 40.9 Å². The average molecular weight is 500 g/mol. The number of aromatic nitrogens is 3. The zero-order valence-corrected chi connectivity index (χ0v) is 21.9. The molecule has 2 N–H and O–H groups in total. The third-order valence-corrected chi connectivity index (χ3v) is 6.16. The van der Waals surface area contributed by atoms with Crippen molar-refractivity contribution in [3.05, 3.63) is 67.6 Å². The minimum absolute atomic E-state index is 0.293. The average Bonchev–Trinajstić information content (AvgIpc) is 3.24. The lowest BCUT2D eigenvalue weighted by atomic mass is 10.1. The van der Waals surface area contributed by atoms with Gasteiger partial charge in [0.1, 0.15) is 17.9 Å². The highest BCUT2D eigenvalue weighted by Gasteiger charge is 2.17. The van der Waals surface area contributed by atoms with Gasteiger partial charge in [-0.25, -0.2) is 9.97 Å². The number of rotatable bonds is 10. The molecule has 0 atom stereocenters. The Bertz CT molecular complexity index is 1430. The monoisotopic (exact) mass is 499 g/mol. The highest BCUT2D eigenvalue weighted by atomic mass is 16.5. The number of hydrogen-bond donors (Lipinski definition) is 2. The number of methoxy groups -OCH3 is 1. The first-order valence-corrected chi connectivity index (χ1v) is 12.0. The van der Waals surface area contributed by atoms with Gasteiger partial charge in [-0.05, 0) is 32.3 Å². The van der Waals surface area contributed by atoms with Gasteiger partial charge in [-0.1, -0.05) is 24.8 Å². The van der Waals surface area contributed by atoms with Crippen molar-refractivity contribution in [2.75, 3.05) is 56.9 Å². The van der Waals surface area contributed by atoms with E-state index < -0.39 is 0 Å². The number of fused-ring (bicyclic) bond motifs is 1. The summed E-state index contributed by atoms with van der Waals surface area (Å²) in [6.07, 6.45) is 4.86. The van der Waals surface area contributed by atoms with Crippen LogP contribution < -0.4 is 20.3 Å². The molecule has 0 saturated heterocycles. The standard InChI is InChI=1S/C28H33N7O2/c1-7-28(36)32-22-14-23(26(37-6)16-25(22)34(4)13-12-33(2)3)31-27-15-21(29-18-30-27)20-17-35(5)24-11-9-8-10-19(20)24/h7-11,14-18H,1,12-13H2,2-6H3,(H,32,36)(H,29,30,31). The molecule has 4 aromatic rings. The van der Waals surface area contributed by atoms with Gasteiger partial charge in [-0.2, -0.15) is 0 Å². The van der Waals surface area contributed by atoms with E-state index in [-0.39, 0.29) is 5.91 Å². The van der Waals surface area contributed by atoms with Gasteiger partial charge in [0, 0.05) is 62.0 Å². The van der Waals surface area contributed by atoms with Gasteiger partial charge >= 0.3 is 0 Å². The molecule has 0 saturated carbocycles. The van der Waals surface area contributed by atoms with E-state index in [4.69, 9.17) is 4.74 Å². The first kappa shape index (κ1) is 25.7. The van der Waals surface area contributed by atoms with Crippen LogP contribution in [0.3, 0.4) is 0 Å². The number of ether oxygens (including phenoxy) is 1. The van der Waals surface area contributed by atoms with E-state index in [1.165, 1.54) is 12.4 Å². The lowest BCUT2D eigenvalue weighted by molar-refractivity contribution is -0.111. The topological polar surface area (TPSA) is 87.5 Å². The van der Waals surface area contributed by atoms with Crippen LogP contribution in [0.1, 0.15) is 0 Å². The van der Waals surface area contributed by atoms with Crippen LogP contribution in [0.4, 0.5) is 22.9 Å². The minimum Gasteiger partial charge on any atom is -0.494 e. The molecule has 0 fully saturated rings. The molecule has 9 heteroatoms. The normalized spacial score (nSPS) is 11.0. The smallest absolute Gasteiger partial charge is 0.247 e. The van der Waals surface area contributed by atoms with Crippen molar-refractivity contribution in [2.45, 2.75) is 0 Å². The molecule has 0 unspecified atom stereocenters. The number of likely N-dealkylation sites (N-methyl/N-ethyl adjacent to an activating group) is 2. The van der Waals surface area contributed by atoms with Crippen LogP contribution >= 0.6 is 0 Å². The van der Waals surface area contributed by atoms with E-state index in [2.05, 4.69) is 59.9 Å². The molecule has 1 amide bonds. The summed E-state index contributed by atoms with van der Waals surface area (Å²) in [6, 6.07) is 13.9. The molecule has 2 aromatic carbocycles. The largest absolute Gasteiger partial charge is 0.494 e. The summed E-state index contributed by atoms with van der Waals surface area (Å²) in [7, 11) is 9.67. The highest BCUT2D eigenvalue weighted by molar-refractivity contribution is 6.02. The van der Waals surface area contributed by atoms with Crippen molar-refractivity contribution in [3.8, 4) is 17.0 Å². The van der Waals surface area contributed by atoms with Crippen LogP contribution in [0.5, 0.6) is 5.75 Å². The van der Waals surface area contributed by atoms with Crippen molar-refractivity contribution in [2.24, 2.45) is 7.05 Å². The summed E-state index contributed by atoms with van der Waals surface area (Å²) in [5.41, 5.74) is 5.08. The van der Waals surface area contributed by atoms with Crippen molar-refractivity contribution < 1.29 is 9.53 Å². The molecule has 0 aliphatic carbocycles. The number of benzene rings is 2. The van der Waals surface area contributed by atoms with E-state index in [0.29, 0.717) is 22.9 Å². The maximum absolute atomic E-state index is 12.2. The number of nitrogens with one attached hydrogen (secondary N) is 2. The summed E-state index contributed by atoms with van der Waals surface area (Å²) in [5.74, 6) is 0.929. The maximum Gasteiger partial charge on any atom is 0.247 e. The van der Waals surface area contributed by atoms with Crippen molar-refractivity contribution in [1.29, 1.82) is 0 Å². The number of para-hydroxylation sites is 1. The number of aryl methyl sites for hydroxylation is 1. The number of carbonyl (C=O) groups excluding carboxylic acids is 1. The second-order valence-electron chi connectivity index (χ2n) is 9.07. The number of anilines is 4. The Kier molecular flexibility index (Phi) is 7.74. The fourth-order valence-corrected chi connectivity index (χ4v) is 4.16. The third kappa shape index (κ3) is 5.73. The predicted molar refractivity (Wildman–Crippen MR) is 151 cm³/mol. The predicted octanol–water partition coefficient (Wildman–Crippen LogP) is 4.51. The first-order valence-electron chi connectivity index (χ1n) is 12.0. The van der Waals surface area contributed by atoms with Gasteiger partial charge in [-0.3, -0.25) is 4.79 Å². The number of amides is 1. The molecule has 0 radical (unpaired) electrons. The fraction of sp³-hybridized carbons (Fsp3) is 0.250. The molecule has 9 nitrogen and oxygen atoms in total. The third-order valence-electron chi connectivity index (χ3n) is 6.16. The highest BCUT2D eigenvalue weighted by Crippen LogP contribution is 2.38. The molecule has 0 bridgehead atoms. The lowest BCUT2D eigenvalue weighted by Gasteiger charge is -2.26. The molecular weight excluding hydrogens is 466 g/mol. The van der Waals surface area contributed by atoms with Crippen LogP contribution in [0.15, 0.2) is 67.6 Å². The van der Waals surface area contributed by atoms with Crippen LogP contribution in [0.2, 0.25) is 0 Å². The van der Waals surface area contributed by atoms with Gasteiger partial charge in [0.15, 0.2) is 0 Å². The van der Waals surface area contributed by atoms with E-state index in [9.17, 15) is 4.79 Å². The molecule has 2 aromatic heterocycles. The van der Waals surface area contributed by atoms with Crippen LogP contribution in [0, 0.1) is 0 Å². The zero-order valence-electron chi connectivity index (χ0n) is 21.9. The van der Waals surface area contributed by atoms with Gasteiger partial charge < -0.3 is 29.7 Å². The molecule has 37 heavy (non-hydrogen) atoms. The number of nitrogens with zero attached hydrogens (tertiary/aromatic N) is 5. The summed E-state index contributed by atoms with van der Waals surface area (Å²) in [4.78, 5) is 25.4. The van der Waals surface area contributed by atoms with Gasteiger partial charge in [0.05, 0.1) is 29.9 Å². The molecule has 2 heterocycles. The first-order chi connectivity index (χ1) is 17.8. The Morgan fingerprint density at radius 1 is 1.11 bits per heavy atom. The summed E-state index contributed by atoms with van der Waals surface area (Å²) in [5, 5.41) is 7.39. The molecule has 0 aliphatic heterocycles. The van der Waals surface area contributed by atoms with E-state index in [1.54, 1.807) is 7.11 Å². The second kappa shape index (κ2) is 11.1. The Hall–Kier alpha value is -4.37. The van der Waals surface area contributed by atoms with Crippen LogP contribution in [0.25, 0.3) is 22.2 Å². The summed E-state index contributed by atoms with van der Waals surface area (Å²) in [6.45, 7) is 5.20. The van der Waals surface area contributed by atoms with Crippen molar-refractivity contribution in [1.82, 2.24) is 19.4 Å². The van der Waals surface area contributed by atoms with Crippen LogP contribution in [-0.4, -0.2) is 66.7 Å². The summed E-state index contributed by atoms with van der Waals surface area (Å²) < 4.78 is 7.80. The van der Waals surface area contributed by atoms with Gasteiger partial charge in [0.2, 0.25) is 5.91 Å². The Morgan fingerprint density at radius 2 is 1.89 bits per heavy atom. The van der Waals surface area contributed by atoms with Crippen LogP contribution in [-0.2, 0) is 11.8 Å². The van der Waals surface area contributed by atoms with E-state index in [1.807, 2.05) is 58.5 Å². The minimum atomic E-state index is -0.293. The second-order valence-corrected chi connectivity index (χ2v) is 9.07. The molecular formula is C28H33N7O2. The van der Waals surface area contributed by atoms with Crippen molar-refractivity contribution in [3.63, 3.8) is 0 Å².